The molecule has 2 nitrogen and oxygen atoms in total. The third kappa shape index (κ3) is 4.71. The van der Waals surface area contributed by atoms with Crippen molar-refractivity contribution in [3.63, 3.8) is 0 Å². The van der Waals surface area contributed by atoms with Crippen LogP contribution in [0.1, 0.15) is 5.56 Å². The summed E-state index contributed by atoms with van der Waals surface area (Å²) < 4.78 is 0. The van der Waals surface area contributed by atoms with Crippen LogP contribution < -0.4 is 11.5 Å². The summed E-state index contributed by atoms with van der Waals surface area (Å²) in [4.78, 5) is 0. The normalized spacial score (nSPS) is 9.12. The van der Waals surface area contributed by atoms with E-state index in [0.29, 0.717) is 0 Å². The third-order valence-electron chi connectivity index (χ3n) is 1.91. The minimum atomic E-state index is 0.721. The van der Waals surface area contributed by atoms with Gasteiger partial charge in [0.1, 0.15) is 0 Å². The number of anilines is 2. The van der Waals surface area contributed by atoms with Gasteiger partial charge in [-0.15, -0.1) is 0 Å². The van der Waals surface area contributed by atoms with Gasteiger partial charge in [0.05, 0.1) is 0 Å². The van der Waals surface area contributed by atoms with Gasteiger partial charge in [0.15, 0.2) is 0 Å². The molecule has 0 saturated heterocycles. The van der Waals surface area contributed by atoms with E-state index < -0.39 is 0 Å². The number of halogens is 1. The molecule has 2 aromatic carbocycles. The highest BCUT2D eigenvalue weighted by Gasteiger charge is 1.82. The second-order valence-electron chi connectivity index (χ2n) is 3.47. The molecule has 2 aromatic rings. The molecular formula is C13H15ClN2. The molecule has 84 valence electrons. The Bertz CT molecular complexity index is 400. The lowest BCUT2D eigenvalue weighted by Crippen LogP contribution is -1.82. The van der Waals surface area contributed by atoms with Crippen molar-refractivity contribution in [1.29, 1.82) is 0 Å². The molecule has 2 rings (SSSR count). The van der Waals surface area contributed by atoms with Crippen molar-refractivity contribution in [3.05, 3.63) is 59.1 Å². The molecule has 3 heteroatoms. The number of benzene rings is 2. The van der Waals surface area contributed by atoms with Gasteiger partial charge in [-0.1, -0.05) is 23.7 Å². The Morgan fingerprint density at radius 2 is 1.50 bits per heavy atom. The van der Waals surface area contributed by atoms with E-state index in [4.69, 9.17) is 23.1 Å². The van der Waals surface area contributed by atoms with Crippen molar-refractivity contribution in [1.82, 2.24) is 0 Å². The van der Waals surface area contributed by atoms with Gasteiger partial charge < -0.3 is 11.5 Å². The lowest BCUT2D eigenvalue weighted by Gasteiger charge is -1.91. The molecule has 0 unspecified atom stereocenters. The summed E-state index contributed by atoms with van der Waals surface area (Å²) in [6.07, 6.45) is 0. The molecular weight excluding hydrogens is 220 g/mol. The SMILES string of the molecule is Cc1cccc(N)c1.Nc1ccc(Cl)cc1. The first-order valence-corrected chi connectivity index (χ1v) is 5.29. The molecule has 16 heavy (non-hydrogen) atoms. The first-order valence-electron chi connectivity index (χ1n) is 4.91. The number of rotatable bonds is 0. The molecule has 0 atom stereocenters. The van der Waals surface area contributed by atoms with E-state index >= 15 is 0 Å². The summed E-state index contributed by atoms with van der Waals surface area (Å²) in [5.74, 6) is 0. The van der Waals surface area contributed by atoms with Crippen LogP contribution in [0, 0.1) is 6.92 Å². The van der Waals surface area contributed by atoms with Crippen molar-refractivity contribution in [2.24, 2.45) is 0 Å². The second-order valence-corrected chi connectivity index (χ2v) is 3.90. The molecule has 0 spiro atoms. The van der Waals surface area contributed by atoms with Crippen LogP contribution in [0.25, 0.3) is 0 Å². The Hall–Kier alpha value is -1.67. The van der Waals surface area contributed by atoms with Crippen molar-refractivity contribution < 1.29 is 0 Å². The topological polar surface area (TPSA) is 52.0 Å². The van der Waals surface area contributed by atoms with Crippen LogP contribution in [-0.4, -0.2) is 0 Å². The van der Waals surface area contributed by atoms with Gasteiger partial charge >= 0.3 is 0 Å². The van der Waals surface area contributed by atoms with E-state index in [0.717, 1.165) is 16.4 Å². The zero-order valence-corrected chi connectivity index (χ0v) is 9.91. The standard InChI is InChI=1S/C7H9N.C6H6ClN/c1-6-3-2-4-7(8)5-6;7-5-1-3-6(8)4-2-5/h2-5H,8H2,1H3;1-4H,8H2. The predicted molar refractivity (Wildman–Crippen MR) is 71.5 cm³/mol. The van der Waals surface area contributed by atoms with Crippen LogP contribution >= 0.6 is 11.6 Å². The van der Waals surface area contributed by atoms with Crippen LogP contribution in [0.5, 0.6) is 0 Å². The Morgan fingerprint density at radius 3 is 1.88 bits per heavy atom. The van der Waals surface area contributed by atoms with Crippen LogP contribution in [0.15, 0.2) is 48.5 Å². The van der Waals surface area contributed by atoms with Crippen molar-refractivity contribution in [3.8, 4) is 0 Å². The zero-order chi connectivity index (χ0) is 12.0. The van der Waals surface area contributed by atoms with Gasteiger partial charge in [-0.3, -0.25) is 0 Å². The molecule has 4 N–H and O–H groups in total. The van der Waals surface area contributed by atoms with Crippen LogP contribution in [0.3, 0.4) is 0 Å². The van der Waals surface area contributed by atoms with Crippen LogP contribution in [-0.2, 0) is 0 Å². The number of hydrogen-bond acceptors (Lipinski definition) is 2. The molecule has 0 heterocycles. The summed E-state index contributed by atoms with van der Waals surface area (Å²) in [6.45, 7) is 2.02. The molecule has 0 saturated carbocycles. The second kappa shape index (κ2) is 6.03. The Labute approximate surface area is 101 Å². The lowest BCUT2D eigenvalue weighted by molar-refractivity contribution is 1.47. The van der Waals surface area contributed by atoms with Crippen molar-refractivity contribution in [2.45, 2.75) is 6.92 Å². The number of nitrogens with two attached hydrogens (primary N) is 2. The predicted octanol–water partition coefficient (Wildman–Crippen LogP) is 3.50. The fraction of sp³-hybridized carbons (Fsp3) is 0.0769. The smallest absolute Gasteiger partial charge is 0.0407 e. The maximum absolute atomic E-state index is 5.56. The molecule has 0 aliphatic carbocycles. The maximum atomic E-state index is 5.56. The molecule has 0 aliphatic rings. The summed E-state index contributed by atoms with van der Waals surface area (Å²) in [5, 5.41) is 0.721. The van der Waals surface area contributed by atoms with Gasteiger partial charge in [-0.05, 0) is 48.9 Å². The summed E-state index contributed by atoms with van der Waals surface area (Å²) in [7, 11) is 0. The maximum Gasteiger partial charge on any atom is 0.0407 e. The number of hydrogen-bond donors (Lipinski definition) is 2. The molecule has 0 aromatic heterocycles. The van der Waals surface area contributed by atoms with E-state index in [9.17, 15) is 0 Å². The van der Waals surface area contributed by atoms with E-state index in [1.807, 2.05) is 31.2 Å². The van der Waals surface area contributed by atoms with Gasteiger partial charge in [-0.2, -0.15) is 0 Å². The number of aryl methyl sites for hydroxylation is 1. The zero-order valence-electron chi connectivity index (χ0n) is 9.15. The lowest BCUT2D eigenvalue weighted by atomic mass is 10.2. The van der Waals surface area contributed by atoms with Gasteiger partial charge in [-0.25, -0.2) is 0 Å². The highest BCUT2D eigenvalue weighted by molar-refractivity contribution is 6.30. The molecule has 0 fully saturated rings. The minimum absolute atomic E-state index is 0.721. The molecule has 0 aliphatic heterocycles. The monoisotopic (exact) mass is 234 g/mol. The van der Waals surface area contributed by atoms with Crippen molar-refractivity contribution >= 4 is 23.0 Å². The fourth-order valence-corrected chi connectivity index (χ4v) is 1.26. The fourth-order valence-electron chi connectivity index (χ4n) is 1.13. The van der Waals surface area contributed by atoms with Crippen LogP contribution in [0.2, 0.25) is 5.02 Å². The average Bonchev–Trinajstić information content (AvgIpc) is 2.23. The molecule has 0 radical (unpaired) electrons. The first kappa shape index (κ1) is 12.4. The van der Waals surface area contributed by atoms with E-state index in [1.165, 1.54) is 5.56 Å². The van der Waals surface area contributed by atoms with Gasteiger partial charge in [0, 0.05) is 16.4 Å². The highest BCUT2D eigenvalue weighted by Crippen LogP contribution is 2.09. The molecule has 0 amide bonds. The van der Waals surface area contributed by atoms with E-state index in [2.05, 4.69) is 0 Å². The summed E-state index contributed by atoms with van der Waals surface area (Å²) in [5.41, 5.74) is 13.6. The van der Waals surface area contributed by atoms with E-state index in [-0.39, 0.29) is 0 Å². The third-order valence-corrected chi connectivity index (χ3v) is 2.16. The molecule has 0 bridgehead atoms. The number of nitrogen functional groups attached to an aromatic ring is 2. The van der Waals surface area contributed by atoms with Crippen LogP contribution in [0.4, 0.5) is 11.4 Å². The Balaban J connectivity index is 0.000000160. The van der Waals surface area contributed by atoms with E-state index in [1.54, 1.807) is 24.3 Å². The van der Waals surface area contributed by atoms with Gasteiger partial charge in [0.25, 0.3) is 0 Å². The Morgan fingerprint density at radius 1 is 0.875 bits per heavy atom. The van der Waals surface area contributed by atoms with Gasteiger partial charge in [0.2, 0.25) is 0 Å². The summed E-state index contributed by atoms with van der Waals surface area (Å²) >= 11 is 5.56. The first-order chi connectivity index (χ1) is 7.58. The quantitative estimate of drug-likeness (QED) is 0.686. The summed E-state index contributed by atoms with van der Waals surface area (Å²) in [6, 6.07) is 14.9. The Kier molecular flexibility index (Phi) is 4.67. The largest absolute Gasteiger partial charge is 0.399 e. The highest BCUT2D eigenvalue weighted by atomic mass is 35.5. The van der Waals surface area contributed by atoms with Crippen molar-refractivity contribution in [2.75, 3.05) is 11.5 Å². The minimum Gasteiger partial charge on any atom is -0.399 e. The average molecular weight is 235 g/mol.